The topological polar surface area (TPSA) is 64.7 Å². The van der Waals surface area contributed by atoms with E-state index in [-0.39, 0.29) is 24.0 Å². The van der Waals surface area contributed by atoms with Gasteiger partial charge in [-0.25, -0.2) is 0 Å². The van der Waals surface area contributed by atoms with Crippen molar-refractivity contribution < 1.29 is 4.74 Å². The van der Waals surface area contributed by atoms with Crippen molar-refractivity contribution in [3.8, 4) is 0 Å². The minimum Gasteiger partial charge on any atom is -0.379 e. The summed E-state index contributed by atoms with van der Waals surface area (Å²) in [5.41, 5.74) is 5.18. The second kappa shape index (κ2) is 12.1. The Morgan fingerprint density at radius 3 is 2.55 bits per heavy atom. The Balaban J connectivity index is 0.00000272. The van der Waals surface area contributed by atoms with Crippen molar-refractivity contribution in [3.05, 3.63) is 71.4 Å². The number of aromatic nitrogens is 1. The molecule has 0 aliphatic carbocycles. The number of morpholine rings is 1. The maximum absolute atomic E-state index is 5.47. The van der Waals surface area contributed by atoms with Gasteiger partial charge in [0, 0.05) is 56.9 Å². The van der Waals surface area contributed by atoms with Gasteiger partial charge in [0.05, 0.1) is 13.2 Å². The molecule has 6 nitrogen and oxygen atoms in total. The number of H-pyrrole nitrogens is 1. The lowest BCUT2D eigenvalue weighted by molar-refractivity contribution is 0.0341. The van der Waals surface area contributed by atoms with E-state index < -0.39 is 0 Å². The van der Waals surface area contributed by atoms with Gasteiger partial charge in [-0.15, -0.1) is 24.0 Å². The Morgan fingerprint density at radius 1 is 1.00 bits per heavy atom. The number of ether oxygens (including phenoxy) is 1. The fourth-order valence-electron chi connectivity index (χ4n) is 3.94. The maximum Gasteiger partial charge on any atom is 0.191 e. The van der Waals surface area contributed by atoms with E-state index in [1.54, 1.807) is 0 Å². The molecule has 0 unspecified atom stereocenters. The number of benzene rings is 2. The van der Waals surface area contributed by atoms with Crippen LogP contribution in [0.5, 0.6) is 0 Å². The van der Waals surface area contributed by atoms with Crippen molar-refractivity contribution in [1.29, 1.82) is 0 Å². The summed E-state index contributed by atoms with van der Waals surface area (Å²) < 4.78 is 5.47. The zero-order valence-electron chi connectivity index (χ0n) is 18.1. The van der Waals surface area contributed by atoms with E-state index in [4.69, 9.17) is 4.74 Å². The van der Waals surface area contributed by atoms with Crippen molar-refractivity contribution >= 4 is 40.8 Å². The number of para-hydroxylation sites is 1. The van der Waals surface area contributed by atoms with E-state index in [2.05, 4.69) is 80.2 Å². The molecule has 1 aromatic heterocycles. The highest BCUT2D eigenvalue weighted by atomic mass is 127. The van der Waals surface area contributed by atoms with Gasteiger partial charge >= 0.3 is 0 Å². The summed E-state index contributed by atoms with van der Waals surface area (Å²) in [6, 6.07) is 17.1. The number of nitrogens with zero attached hydrogens (tertiary/aromatic N) is 2. The predicted octanol–water partition coefficient (Wildman–Crippen LogP) is 3.53. The number of guanidine groups is 1. The number of hydrogen-bond acceptors (Lipinski definition) is 3. The largest absolute Gasteiger partial charge is 0.379 e. The number of nitrogens with one attached hydrogen (secondary N) is 3. The summed E-state index contributed by atoms with van der Waals surface area (Å²) in [4.78, 5) is 10.2. The Hall–Kier alpha value is -2.10. The highest BCUT2D eigenvalue weighted by Gasteiger charge is 2.13. The molecule has 166 valence electrons. The van der Waals surface area contributed by atoms with Gasteiger partial charge in [-0.3, -0.25) is 9.89 Å². The molecule has 1 aliphatic heterocycles. The molecule has 0 amide bonds. The number of hydrogen-bond donors (Lipinski definition) is 3. The zero-order chi connectivity index (χ0) is 20.6. The molecule has 0 spiro atoms. The monoisotopic (exact) mass is 533 g/mol. The average Bonchev–Trinajstić information content (AvgIpc) is 3.21. The van der Waals surface area contributed by atoms with E-state index in [0.717, 1.165) is 58.3 Å². The fourth-order valence-corrected chi connectivity index (χ4v) is 3.94. The number of fused-ring (bicyclic) bond motifs is 1. The van der Waals surface area contributed by atoms with Gasteiger partial charge in [0.25, 0.3) is 0 Å². The number of halogens is 1. The van der Waals surface area contributed by atoms with Crippen LogP contribution in [0.25, 0.3) is 10.9 Å². The molecule has 2 heterocycles. The minimum atomic E-state index is 0. The third-order valence-corrected chi connectivity index (χ3v) is 5.65. The van der Waals surface area contributed by atoms with E-state index in [1.807, 2.05) is 7.05 Å². The van der Waals surface area contributed by atoms with Gasteiger partial charge in [0.2, 0.25) is 0 Å². The van der Waals surface area contributed by atoms with Crippen molar-refractivity contribution in [2.75, 3.05) is 39.9 Å². The van der Waals surface area contributed by atoms with Crippen LogP contribution >= 0.6 is 24.0 Å². The highest BCUT2D eigenvalue weighted by molar-refractivity contribution is 14.0. The predicted molar refractivity (Wildman–Crippen MR) is 138 cm³/mol. The first-order valence-electron chi connectivity index (χ1n) is 10.7. The van der Waals surface area contributed by atoms with Gasteiger partial charge in [0.1, 0.15) is 0 Å². The molecule has 0 bridgehead atoms. The minimum absolute atomic E-state index is 0. The van der Waals surface area contributed by atoms with E-state index in [0.29, 0.717) is 0 Å². The smallest absolute Gasteiger partial charge is 0.191 e. The molecule has 1 aliphatic rings. The van der Waals surface area contributed by atoms with E-state index in [1.165, 1.54) is 27.6 Å². The van der Waals surface area contributed by atoms with Crippen LogP contribution < -0.4 is 10.6 Å². The summed E-state index contributed by atoms with van der Waals surface area (Å²) in [6.45, 7) is 6.20. The first kappa shape index (κ1) is 23.6. The molecule has 31 heavy (non-hydrogen) atoms. The van der Waals surface area contributed by atoms with Gasteiger partial charge in [-0.2, -0.15) is 0 Å². The lowest BCUT2D eigenvalue weighted by Crippen LogP contribution is -2.38. The van der Waals surface area contributed by atoms with E-state index in [9.17, 15) is 0 Å². The van der Waals surface area contributed by atoms with Gasteiger partial charge in [0.15, 0.2) is 5.96 Å². The van der Waals surface area contributed by atoms with Crippen LogP contribution in [0, 0.1) is 0 Å². The third-order valence-electron chi connectivity index (χ3n) is 5.65. The molecule has 0 saturated carbocycles. The molecule has 2 aromatic carbocycles. The second-order valence-electron chi connectivity index (χ2n) is 7.62. The molecule has 4 rings (SSSR count). The van der Waals surface area contributed by atoms with Gasteiger partial charge in [-0.1, -0.05) is 42.5 Å². The molecule has 1 fully saturated rings. The summed E-state index contributed by atoms with van der Waals surface area (Å²) in [6.07, 6.45) is 3.04. The summed E-state index contributed by atoms with van der Waals surface area (Å²) in [5.74, 6) is 0.830. The molecule has 1 saturated heterocycles. The quantitative estimate of drug-likeness (QED) is 0.247. The number of aromatic amines is 1. The Labute approximate surface area is 201 Å². The first-order chi connectivity index (χ1) is 14.8. The zero-order valence-corrected chi connectivity index (χ0v) is 20.4. The molecule has 0 atom stereocenters. The van der Waals surface area contributed by atoms with Gasteiger partial charge < -0.3 is 20.4 Å². The molecule has 3 N–H and O–H groups in total. The molecule has 7 heteroatoms. The molecule has 0 radical (unpaired) electrons. The number of rotatable bonds is 7. The lowest BCUT2D eigenvalue weighted by atomic mass is 10.1. The number of aliphatic imine (C=N–C) groups is 1. The van der Waals surface area contributed by atoms with Crippen LogP contribution in [0.1, 0.15) is 16.7 Å². The standard InChI is InChI=1S/C24H31N5O.HI/c1-25-24(26-11-10-20-17-27-23-9-5-4-8-22(20)23)28-16-19-6-2-3-7-21(19)18-29-12-14-30-15-13-29;/h2-9,17,27H,10-16,18H2,1H3,(H2,25,26,28);1H. The average molecular weight is 533 g/mol. The SMILES string of the molecule is CN=C(NCCc1c[nH]c2ccccc12)NCc1ccccc1CN1CCOCC1.I. The van der Waals surface area contributed by atoms with Crippen LogP contribution in [0.15, 0.2) is 59.7 Å². The van der Waals surface area contributed by atoms with Crippen LogP contribution in [0.3, 0.4) is 0 Å². The van der Waals surface area contributed by atoms with Crippen molar-refractivity contribution in [3.63, 3.8) is 0 Å². The van der Waals surface area contributed by atoms with Gasteiger partial charge in [-0.05, 0) is 29.2 Å². The van der Waals surface area contributed by atoms with Crippen LogP contribution in [-0.4, -0.2) is 55.7 Å². The summed E-state index contributed by atoms with van der Waals surface area (Å²) >= 11 is 0. The van der Waals surface area contributed by atoms with Crippen molar-refractivity contribution in [2.45, 2.75) is 19.5 Å². The molecule has 3 aromatic rings. The fraction of sp³-hybridized carbons (Fsp3) is 0.375. The van der Waals surface area contributed by atoms with Crippen LogP contribution in [-0.2, 0) is 24.2 Å². The molecular weight excluding hydrogens is 501 g/mol. The maximum atomic E-state index is 5.47. The Kier molecular flexibility index (Phi) is 9.17. The lowest BCUT2D eigenvalue weighted by Gasteiger charge is -2.27. The van der Waals surface area contributed by atoms with Crippen molar-refractivity contribution in [2.24, 2.45) is 4.99 Å². The second-order valence-corrected chi connectivity index (χ2v) is 7.62. The van der Waals surface area contributed by atoms with Crippen LogP contribution in [0.4, 0.5) is 0 Å². The van der Waals surface area contributed by atoms with Crippen LogP contribution in [0.2, 0.25) is 0 Å². The third kappa shape index (κ3) is 6.44. The molecular formula is C24H32IN5O. The first-order valence-corrected chi connectivity index (χ1v) is 10.7. The van der Waals surface area contributed by atoms with Crippen molar-refractivity contribution in [1.82, 2.24) is 20.5 Å². The summed E-state index contributed by atoms with van der Waals surface area (Å²) in [7, 11) is 1.82. The Bertz CT molecular complexity index is 981. The van der Waals surface area contributed by atoms with E-state index >= 15 is 0 Å². The Morgan fingerprint density at radius 2 is 1.74 bits per heavy atom. The summed E-state index contributed by atoms with van der Waals surface area (Å²) in [5, 5.41) is 8.20. The highest BCUT2D eigenvalue weighted by Crippen LogP contribution is 2.17. The normalized spacial score (nSPS) is 14.9.